The molecule has 0 radical (unpaired) electrons. The van der Waals surface area contributed by atoms with E-state index >= 15 is 0 Å². The van der Waals surface area contributed by atoms with Crippen LogP contribution in [0, 0.1) is 6.92 Å². The van der Waals surface area contributed by atoms with Crippen LogP contribution in [0.25, 0.3) is 0 Å². The van der Waals surface area contributed by atoms with Crippen molar-refractivity contribution in [2.45, 2.75) is 19.9 Å². The Morgan fingerprint density at radius 3 is 2.32 bits per heavy atom. The Hall–Kier alpha value is -4.13. The van der Waals surface area contributed by atoms with Crippen molar-refractivity contribution in [3.8, 4) is 11.5 Å². The van der Waals surface area contributed by atoms with Gasteiger partial charge in [-0.15, -0.1) is 0 Å². The lowest BCUT2D eigenvalue weighted by Gasteiger charge is -2.26. The molecule has 3 rings (SSSR count). The number of anilines is 1. The van der Waals surface area contributed by atoms with Crippen LogP contribution in [0.3, 0.4) is 0 Å². The Morgan fingerprint density at radius 2 is 1.59 bits per heavy atom. The second-order valence-corrected chi connectivity index (χ2v) is 7.81. The third-order valence-electron chi connectivity index (χ3n) is 5.00. The lowest BCUT2D eigenvalue weighted by atomic mass is 10.1. The van der Waals surface area contributed by atoms with Crippen molar-refractivity contribution in [1.29, 1.82) is 0 Å². The quantitative estimate of drug-likeness (QED) is 0.319. The number of carbonyl (C=O) groups excluding carboxylic acids is 3. The van der Waals surface area contributed by atoms with Gasteiger partial charge in [-0.05, 0) is 36.8 Å². The van der Waals surface area contributed by atoms with Crippen LogP contribution in [-0.4, -0.2) is 37.7 Å². The summed E-state index contributed by atoms with van der Waals surface area (Å²) in [7, 11) is 0. The molecule has 176 valence electrons. The lowest BCUT2D eigenvalue weighted by Crippen LogP contribution is -2.43. The van der Waals surface area contributed by atoms with E-state index < -0.39 is 0 Å². The molecule has 0 aliphatic rings. The highest BCUT2D eigenvalue weighted by atomic mass is 16.5. The number of para-hydroxylation sites is 3. The number of nitrogens with one attached hydrogen (secondary N) is 2. The molecule has 0 bridgehead atoms. The van der Waals surface area contributed by atoms with Gasteiger partial charge >= 0.3 is 0 Å². The summed E-state index contributed by atoms with van der Waals surface area (Å²) in [5, 5.41) is 5.63. The molecule has 0 heterocycles. The van der Waals surface area contributed by atoms with E-state index in [-0.39, 0.29) is 37.9 Å². The molecular weight excluding hydrogens is 430 g/mol. The van der Waals surface area contributed by atoms with E-state index in [2.05, 4.69) is 10.6 Å². The van der Waals surface area contributed by atoms with E-state index in [9.17, 15) is 14.4 Å². The van der Waals surface area contributed by atoms with Crippen molar-refractivity contribution in [3.05, 3.63) is 90.0 Å². The van der Waals surface area contributed by atoms with Crippen LogP contribution in [0.2, 0.25) is 0 Å². The third kappa shape index (κ3) is 7.78. The zero-order valence-electron chi connectivity index (χ0n) is 19.2. The lowest BCUT2D eigenvalue weighted by molar-refractivity contribution is -0.120. The van der Waals surface area contributed by atoms with E-state index in [1.807, 2.05) is 79.7 Å². The molecule has 0 aliphatic heterocycles. The molecule has 3 aromatic rings. The summed E-state index contributed by atoms with van der Waals surface area (Å²) in [5.74, 6) is 0.662. The Labute approximate surface area is 199 Å². The number of hydrogen-bond donors (Lipinski definition) is 2. The summed E-state index contributed by atoms with van der Waals surface area (Å²) in [5.41, 5.74) is 2.73. The van der Waals surface area contributed by atoms with Gasteiger partial charge in [-0.2, -0.15) is 0 Å². The van der Waals surface area contributed by atoms with Gasteiger partial charge in [-0.1, -0.05) is 60.2 Å². The molecule has 2 amide bonds. The fourth-order valence-electron chi connectivity index (χ4n) is 3.40. The molecule has 0 saturated heterocycles. The molecule has 0 aliphatic carbocycles. The van der Waals surface area contributed by atoms with E-state index in [4.69, 9.17) is 4.74 Å². The Bertz CT molecular complexity index is 1100. The molecule has 0 atom stereocenters. The molecule has 0 saturated carbocycles. The number of aldehydes is 1. The van der Waals surface area contributed by atoms with Crippen LogP contribution in [0.4, 0.5) is 5.69 Å². The van der Waals surface area contributed by atoms with Crippen LogP contribution in [0.1, 0.15) is 17.5 Å². The maximum atomic E-state index is 12.8. The summed E-state index contributed by atoms with van der Waals surface area (Å²) in [6, 6.07) is 24.5. The Balaban J connectivity index is 1.76. The average Bonchev–Trinajstić information content (AvgIpc) is 2.84. The maximum absolute atomic E-state index is 12.8. The van der Waals surface area contributed by atoms with Gasteiger partial charge < -0.3 is 25.1 Å². The second kappa shape index (κ2) is 12.8. The summed E-state index contributed by atoms with van der Waals surface area (Å²) < 4.78 is 6.04. The number of nitrogens with zero attached hydrogens (tertiary/aromatic N) is 1. The predicted molar refractivity (Wildman–Crippen MR) is 132 cm³/mol. The Kier molecular flexibility index (Phi) is 9.22. The summed E-state index contributed by atoms with van der Waals surface area (Å²) in [6.07, 6.45) is 0.982. The molecule has 0 fully saturated rings. The fraction of sp³-hybridized carbons (Fsp3) is 0.222. The van der Waals surface area contributed by atoms with Crippen molar-refractivity contribution >= 4 is 23.8 Å². The Morgan fingerprint density at radius 1 is 0.882 bits per heavy atom. The minimum Gasteiger partial charge on any atom is -0.455 e. The molecule has 2 N–H and O–H groups in total. The monoisotopic (exact) mass is 459 g/mol. The minimum absolute atomic E-state index is 0.0396. The van der Waals surface area contributed by atoms with Crippen LogP contribution >= 0.6 is 0 Å². The van der Waals surface area contributed by atoms with Gasteiger partial charge in [-0.3, -0.25) is 9.59 Å². The maximum Gasteiger partial charge on any atom is 0.239 e. The van der Waals surface area contributed by atoms with Crippen LogP contribution in [-0.2, 0) is 20.9 Å². The summed E-state index contributed by atoms with van der Waals surface area (Å²) in [6.45, 7) is 2.54. The number of amides is 2. The van der Waals surface area contributed by atoms with E-state index in [0.29, 0.717) is 23.7 Å². The zero-order valence-corrected chi connectivity index (χ0v) is 19.2. The van der Waals surface area contributed by atoms with Crippen molar-refractivity contribution in [2.75, 3.05) is 24.5 Å². The van der Waals surface area contributed by atoms with E-state index in [0.717, 1.165) is 17.4 Å². The number of ether oxygens (including phenoxy) is 1. The van der Waals surface area contributed by atoms with E-state index in [1.54, 1.807) is 11.0 Å². The number of benzene rings is 3. The first-order chi connectivity index (χ1) is 16.5. The van der Waals surface area contributed by atoms with Crippen molar-refractivity contribution in [3.63, 3.8) is 0 Å². The van der Waals surface area contributed by atoms with Gasteiger partial charge in [0.25, 0.3) is 0 Å². The molecule has 0 unspecified atom stereocenters. The smallest absolute Gasteiger partial charge is 0.239 e. The van der Waals surface area contributed by atoms with Crippen molar-refractivity contribution in [2.24, 2.45) is 0 Å². The predicted octanol–water partition coefficient (Wildman–Crippen LogP) is 3.62. The number of aryl methyl sites for hydroxylation is 1. The largest absolute Gasteiger partial charge is 0.455 e. The zero-order chi connectivity index (χ0) is 24.2. The van der Waals surface area contributed by atoms with Crippen LogP contribution < -0.4 is 20.3 Å². The summed E-state index contributed by atoms with van der Waals surface area (Å²) in [4.78, 5) is 37.6. The summed E-state index contributed by atoms with van der Waals surface area (Å²) >= 11 is 0. The third-order valence-corrected chi connectivity index (χ3v) is 5.00. The first kappa shape index (κ1) is 24.5. The molecule has 0 spiro atoms. The van der Waals surface area contributed by atoms with Crippen molar-refractivity contribution in [1.82, 2.24) is 10.6 Å². The SMILES string of the molecule is Cc1cccc(CNC(=O)CN(CC(=O)NCCC=O)c2ccccc2Oc2ccccc2)c1. The van der Waals surface area contributed by atoms with Gasteiger partial charge in [0, 0.05) is 19.5 Å². The van der Waals surface area contributed by atoms with Gasteiger partial charge in [-0.25, -0.2) is 0 Å². The van der Waals surface area contributed by atoms with Gasteiger partial charge in [0.05, 0.1) is 18.8 Å². The standard InChI is InChI=1S/C27H29N3O4/c1-21-9-7-10-22(17-21)18-29-27(33)20-30(19-26(32)28-15-8-16-31)24-13-5-6-14-25(24)34-23-11-3-2-4-12-23/h2-7,9-14,16-17H,8,15,18-20H2,1H3,(H,28,32)(H,29,33). The van der Waals surface area contributed by atoms with Gasteiger partial charge in [0.15, 0.2) is 5.75 Å². The highest BCUT2D eigenvalue weighted by molar-refractivity contribution is 5.87. The van der Waals surface area contributed by atoms with Crippen LogP contribution in [0.5, 0.6) is 11.5 Å². The molecule has 3 aromatic carbocycles. The molecule has 34 heavy (non-hydrogen) atoms. The van der Waals surface area contributed by atoms with Gasteiger partial charge in [0.2, 0.25) is 11.8 Å². The molecule has 7 nitrogen and oxygen atoms in total. The second-order valence-electron chi connectivity index (χ2n) is 7.81. The fourth-order valence-corrected chi connectivity index (χ4v) is 3.40. The number of rotatable bonds is 12. The topological polar surface area (TPSA) is 87.7 Å². The average molecular weight is 460 g/mol. The highest BCUT2D eigenvalue weighted by Crippen LogP contribution is 2.32. The van der Waals surface area contributed by atoms with Crippen molar-refractivity contribution < 1.29 is 19.1 Å². The molecular formula is C27H29N3O4. The number of hydrogen-bond acceptors (Lipinski definition) is 5. The van der Waals surface area contributed by atoms with Gasteiger partial charge in [0.1, 0.15) is 12.0 Å². The van der Waals surface area contributed by atoms with Crippen LogP contribution in [0.15, 0.2) is 78.9 Å². The first-order valence-corrected chi connectivity index (χ1v) is 11.1. The molecule has 0 aromatic heterocycles. The van der Waals surface area contributed by atoms with E-state index in [1.165, 1.54) is 0 Å². The number of carbonyl (C=O) groups is 3. The first-order valence-electron chi connectivity index (χ1n) is 11.1. The molecule has 7 heteroatoms. The normalized spacial score (nSPS) is 10.3. The minimum atomic E-state index is -0.289. The highest BCUT2D eigenvalue weighted by Gasteiger charge is 2.19.